The Morgan fingerprint density at radius 2 is 1.83 bits per heavy atom. The van der Waals surface area contributed by atoms with Gasteiger partial charge < -0.3 is 5.32 Å². The van der Waals surface area contributed by atoms with Crippen molar-refractivity contribution in [2.24, 2.45) is 0 Å². The van der Waals surface area contributed by atoms with Crippen molar-refractivity contribution < 1.29 is 0 Å². The van der Waals surface area contributed by atoms with Crippen LogP contribution in [0.1, 0.15) is 32.4 Å². The van der Waals surface area contributed by atoms with Crippen LogP contribution < -0.4 is 5.32 Å². The second-order valence-corrected chi connectivity index (χ2v) is 5.88. The van der Waals surface area contributed by atoms with E-state index in [1.807, 2.05) is 6.08 Å². The summed E-state index contributed by atoms with van der Waals surface area (Å²) >= 11 is 0. The Morgan fingerprint density at radius 1 is 1.08 bits per heavy atom. The van der Waals surface area contributed by atoms with E-state index < -0.39 is 0 Å². The first-order valence-corrected chi connectivity index (χ1v) is 8.83. The van der Waals surface area contributed by atoms with Crippen molar-refractivity contribution in [1.29, 1.82) is 0 Å². The number of benzene rings is 2. The van der Waals surface area contributed by atoms with Gasteiger partial charge >= 0.3 is 0 Å². The molecule has 0 heterocycles. The molecular weight excluding hydrogens is 292 g/mol. The van der Waals surface area contributed by atoms with Gasteiger partial charge in [0.2, 0.25) is 0 Å². The van der Waals surface area contributed by atoms with Gasteiger partial charge in [-0.3, -0.25) is 4.90 Å². The van der Waals surface area contributed by atoms with E-state index in [2.05, 4.69) is 91.4 Å². The summed E-state index contributed by atoms with van der Waals surface area (Å²) in [5.41, 5.74) is 1.34. The molecule has 0 fully saturated rings. The summed E-state index contributed by atoms with van der Waals surface area (Å²) < 4.78 is 0. The summed E-state index contributed by atoms with van der Waals surface area (Å²) in [5, 5.41) is 6.16. The van der Waals surface area contributed by atoms with Crippen LogP contribution in [0.2, 0.25) is 0 Å². The molecule has 0 amide bonds. The maximum atomic E-state index is 3.55. The van der Waals surface area contributed by atoms with E-state index in [1.54, 1.807) is 0 Å². The third-order valence-electron chi connectivity index (χ3n) is 4.33. The van der Waals surface area contributed by atoms with Gasteiger partial charge in [-0.1, -0.05) is 74.2 Å². The maximum absolute atomic E-state index is 3.55. The lowest BCUT2D eigenvalue weighted by molar-refractivity contribution is 0.342. The number of hydrogen-bond donors (Lipinski definition) is 1. The summed E-state index contributed by atoms with van der Waals surface area (Å²) in [7, 11) is 0. The van der Waals surface area contributed by atoms with E-state index in [0.717, 1.165) is 26.2 Å². The molecule has 2 nitrogen and oxygen atoms in total. The Labute approximate surface area is 146 Å². The monoisotopic (exact) mass is 320 g/mol. The lowest BCUT2D eigenvalue weighted by atomic mass is 10.00. The fourth-order valence-electron chi connectivity index (χ4n) is 2.76. The molecule has 126 valence electrons. The Hall–Kier alpha value is -2.08. The van der Waals surface area contributed by atoms with Gasteiger partial charge in [0, 0.05) is 12.6 Å². The van der Waals surface area contributed by atoms with Crippen molar-refractivity contribution in [1.82, 2.24) is 10.2 Å². The van der Waals surface area contributed by atoms with Crippen LogP contribution >= 0.6 is 0 Å². The van der Waals surface area contributed by atoms with E-state index in [0.29, 0.717) is 6.04 Å². The minimum absolute atomic E-state index is 0.310. The minimum atomic E-state index is 0.310. The largest absolute Gasteiger partial charge is 0.307 e. The lowest BCUT2D eigenvalue weighted by Crippen LogP contribution is -2.22. The van der Waals surface area contributed by atoms with Crippen LogP contribution in [0.15, 0.2) is 54.6 Å². The molecule has 0 saturated carbocycles. The number of nitrogens with one attached hydrogen (secondary N) is 1. The molecule has 1 N–H and O–H groups in total. The smallest absolute Gasteiger partial charge is 0.0604 e. The zero-order valence-corrected chi connectivity index (χ0v) is 15.0. The molecule has 0 aromatic heterocycles. The Bertz CT molecular complexity index is 712. The molecule has 1 atom stereocenters. The second-order valence-electron chi connectivity index (χ2n) is 5.88. The van der Waals surface area contributed by atoms with Crippen LogP contribution in [0.5, 0.6) is 0 Å². The Balaban J connectivity index is 1.86. The average Bonchev–Trinajstić information content (AvgIpc) is 2.63. The van der Waals surface area contributed by atoms with E-state index in [-0.39, 0.29) is 0 Å². The summed E-state index contributed by atoms with van der Waals surface area (Å²) in [4.78, 5) is 2.31. The highest BCUT2D eigenvalue weighted by atomic mass is 15.1. The van der Waals surface area contributed by atoms with Crippen LogP contribution in [0.4, 0.5) is 0 Å². The lowest BCUT2D eigenvalue weighted by Gasteiger charge is -2.15. The van der Waals surface area contributed by atoms with Gasteiger partial charge in [0.05, 0.1) is 6.54 Å². The predicted molar refractivity (Wildman–Crippen MR) is 105 cm³/mol. The van der Waals surface area contributed by atoms with E-state index in [9.17, 15) is 0 Å². The van der Waals surface area contributed by atoms with Gasteiger partial charge in [-0.2, -0.15) is 0 Å². The van der Waals surface area contributed by atoms with Crippen molar-refractivity contribution in [2.45, 2.75) is 26.8 Å². The molecule has 0 aliphatic heterocycles. The van der Waals surface area contributed by atoms with Crippen molar-refractivity contribution in [3.8, 4) is 11.8 Å². The summed E-state index contributed by atoms with van der Waals surface area (Å²) in [6.07, 6.45) is 4.04. The normalized spacial score (nSPS) is 12.5. The summed E-state index contributed by atoms with van der Waals surface area (Å²) in [5.74, 6) is 6.31. The first-order valence-electron chi connectivity index (χ1n) is 8.83. The maximum Gasteiger partial charge on any atom is 0.0604 e. The molecule has 0 radical (unpaired) electrons. The van der Waals surface area contributed by atoms with Crippen molar-refractivity contribution in [3.63, 3.8) is 0 Å². The van der Waals surface area contributed by atoms with Crippen molar-refractivity contribution >= 4 is 10.8 Å². The molecule has 2 heteroatoms. The molecule has 2 aromatic carbocycles. The molecule has 0 spiro atoms. The molecular formula is C22H28N2. The number of rotatable bonds is 7. The number of allylic oxidation sites excluding steroid dienone is 1. The third-order valence-corrected chi connectivity index (χ3v) is 4.33. The fourth-order valence-corrected chi connectivity index (χ4v) is 2.76. The van der Waals surface area contributed by atoms with Gasteiger partial charge in [0.1, 0.15) is 0 Å². The van der Waals surface area contributed by atoms with Crippen LogP contribution in [0, 0.1) is 11.8 Å². The zero-order chi connectivity index (χ0) is 17.2. The van der Waals surface area contributed by atoms with Crippen molar-refractivity contribution in [2.75, 3.05) is 26.2 Å². The van der Waals surface area contributed by atoms with Gasteiger partial charge in [-0.05, 0) is 42.4 Å². The summed E-state index contributed by atoms with van der Waals surface area (Å²) in [6, 6.07) is 15.3. The molecule has 2 rings (SSSR count). The molecule has 0 unspecified atom stereocenters. The SMILES string of the molecule is CCN(CC)CC#CC=CCN[C@H](C)c1cccc2ccccc12. The molecule has 0 aliphatic carbocycles. The van der Waals surface area contributed by atoms with Crippen LogP contribution in [0.3, 0.4) is 0 Å². The molecule has 0 aliphatic rings. The van der Waals surface area contributed by atoms with Crippen LogP contribution in [-0.2, 0) is 0 Å². The third kappa shape index (κ3) is 5.23. The molecule has 2 aromatic rings. The van der Waals surface area contributed by atoms with Crippen molar-refractivity contribution in [3.05, 3.63) is 60.2 Å². The molecule has 0 bridgehead atoms. The minimum Gasteiger partial charge on any atom is -0.307 e. The van der Waals surface area contributed by atoms with Crippen LogP contribution in [-0.4, -0.2) is 31.1 Å². The van der Waals surface area contributed by atoms with E-state index in [4.69, 9.17) is 0 Å². The molecule has 0 saturated heterocycles. The van der Waals surface area contributed by atoms with Gasteiger partial charge in [0.15, 0.2) is 0 Å². The number of hydrogen-bond acceptors (Lipinski definition) is 2. The topological polar surface area (TPSA) is 15.3 Å². The molecule has 24 heavy (non-hydrogen) atoms. The fraction of sp³-hybridized carbons (Fsp3) is 0.364. The highest BCUT2D eigenvalue weighted by molar-refractivity contribution is 5.86. The second kappa shape index (κ2) is 9.93. The highest BCUT2D eigenvalue weighted by Crippen LogP contribution is 2.23. The highest BCUT2D eigenvalue weighted by Gasteiger charge is 2.07. The van der Waals surface area contributed by atoms with E-state index in [1.165, 1.54) is 16.3 Å². The Morgan fingerprint density at radius 3 is 2.62 bits per heavy atom. The van der Waals surface area contributed by atoms with Gasteiger partial charge in [0.25, 0.3) is 0 Å². The standard InChI is InChI=1S/C22H28N2/c1-4-24(5-2)18-11-7-6-10-17-23-19(3)21-16-12-14-20-13-8-9-15-22(20)21/h6,8-10,12-16,19,23H,4-5,17-18H2,1-3H3/t19-/m1/s1. The van der Waals surface area contributed by atoms with Gasteiger partial charge in [-0.15, -0.1) is 0 Å². The Kier molecular flexibility index (Phi) is 7.55. The average molecular weight is 320 g/mol. The number of fused-ring (bicyclic) bond motifs is 1. The number of nitrogens with zero attached hydrogens (tertiary/aromatic N) is 1. The first kappa shape index (κ1) is 18.3. The quantitative estimate of drug-likeness (QED) is 0.761. The van der Waals surface area contributed by atoms with Gasteiger partial charge in [-0.25, -0.2) is 0 Å². The zero-order valence-electron chi connectivity index (χ0n) is 15.0. The van der Waals surface area contributed by atoms with Crippen LogP contribution in [0.25, 0.3) is 10.8 Å². The predicted octanol–water partition coefficient (Wildman–Crippen LogP) is 4.39. The summed E-state index contributed by atoms with van der Waals surface area (Å²) in [6.45, 7) is 10.3. The van der Waals surface area contributed by atoms with E-state index >= 15 is 0 Å². The first-order chi connectivity index (χ1) is 11.8.